The van der Waals surface area contributed by atoms with E-state index in [1.165, 1.54) is 0 Å². The molecular formula is C6H6O7. The second-order valence-electron chi connectivity index (χ2n) is 1.98. The first-order chi connectivity index (χ1) is 5.86. The van der Waals surface area contributed by atoms with Crippen LogP contribution in [0.5, 0.6) is 0 Å². The van der Waals surface area contributed by atoms with Gasteiger partial charge in [-0.1, -0.05) is 0 Å². The smallest absolute Gasteiger partial charge is 0.337 e. The fraction of sp³-hybridized carbons (Fsp3) is 0.167. The molecule has 0 radical (unpaired) electrons. The van der Waals surface area contributed by atoms with Crippen LogP contribution in [0.4, 0.5) is 0 Å². The number of hydrogen-bond donors (Lipinski definition) is 4. The van der Waals surface area contributed by atoms with Crippen molar-refractivity contribution in [3.8, 4) is 0 Å². The Morgan fingerprint density at radius 1 is 1.08 bits per heavy atom. The summed E-state index contributed by atoms with van der Waals surface area (Å²) in [4.78, 5) is 30.3. The zero-order valence-corrected chi connectivity index (χ0v) is 6.17. The lowest BCUT2D eigenvalue weighted by atomic mass is 10.1. The lowest BCUT2D eigenvalue weighted by Crippen LogP contribution is -2.27. The monoisotopic (exact) mass is 190 g/mol. The van der Waals surface area contributed by atoms with Crippen molar-refractivity contribution in [2.24, 2.45) is 0 Å². The van der Waals surface area contributed by atoms with E-state index in [9.17, 15) is 14.4 Å². The number of carboxylic acids is 3. The van der Waals surface area contributed by atoms with Gasteiger partial charge in [0, 0.05) is 6.08 Å². The van der Waals surface area contributed by atoms with Gasteiger partial charge in [0.25, 0.3) is 0 Å². The fourth-order valence-corrected chi connectivity index (χ4v) is 0.524. The van der Waals surface area contributed by atoms with Gasteiger partial charge in [-0.2, -0.15) is 0 Å². The van der Waals surface area contributed by atoms with Crippen molar-refractivity contribution in [3.63, 3.8) is 0 Å². The van der Waals surface area contributed by atoms with Crippen molar-refractivity contribution in [2.75, 3.05) is 0 Å². The summed E-state index contributed by atoms with van der Waals surface area (Å²) >= 11 is 0. The van der Waals surface area contributed by atoms with Crippen molar-refractivity contribution in [2.45, 2.75) is 6.10 Å². The molecule has 0 fully saturated rings. The number of carboxylic acid groups (broad SMARTS) is 3. The molecule has 0 heterocycles. The molecule has 0 aliphatic carbocycles. The first kappa shape index (κ1) is 11.1. The van der Waals surface area contributed by atoms with Crippen LogP contribution in [0, 0.1) is 0 Å². The second-order valence-corrected chi connectivity index (χ2v) is 1.98. The Labute approximate surface area is 71.5 Å². The summed E-state index contributed by atoms with van der Waals surface area (Å²) in [6.45, 7) is 0. The van der Waals surface area contributed by atoms with Gasteiger partial charge in [-0.05, 0) is 0 Å². The molecule has 7 nitrogen and oxygen atoms in total. The van der Waals surface area contributed by atoms with Crippen molar-refractivity contribution >= 4 is 17.9 Å². The number of aliphatic hydroxyl groups excluding tert-OH is 1. The van der Waals surface area contributed by atoms with Gasteiger partial charge in [0.1, 0.15) is 0 Å². The maximum absolute atomic E-state index is 10.2. The standard InChI is InChI=1S/C6H6O7/c7-3(8)1-2(5(10)11)4(9)6(12)13/h1,4,9H,(H,7,8)(H,10,11)(H,12,13)/b2-1+. The van der Waals surface area contributed by atoms with E-state index in [0.29, 0.717) is 0 Å². The highest BCUT2D eigenvalue weighted by atomic mass is 16.4. The van der Waals surface area contributed by atoms with Crippen molar-refractivity contribution in [3.05, 3.63) is 11.6 Å². The highest BCUT2D eigenvalue weighted by Gasteiger charge is 2.25. The Hall–Kier alpha value is -1.89. The molecule has 0 aromatic rings. The minimum absolute atomic E-state index is 0.126. The largest absolute Gasteiger partial charge is 0.479 e. The van der Waals surface area contributed by atoms with E-state index in [4.69, 9.17) is 20.4 Å². The summed E-state index contributed by atoms with van der Waals surface area (Å²) in [5.74, 6) is -5.26. The van der Waals surface area contributed by atoms with Crippen LogP contribution in [-0.2, 0) is 14.4 Å². The zero-order chi connectivity index (χ0) is 10.6. The molecule has 7 heteroatoms. The number of aliphatic carboxylic acids is 3. The van der Waals surface area contributed by atoms with E-state index in [2.05, 4.69) is 0 Å². The summed E-state index contributed by atoms with van der Waals surface area (Å²) in [6.07, 6.45) is -2.21. The number of carbonyl (C=O) groups is 3. The minimum Gasteiger partial charge on any atom is -0.479 e. The summed E-state index contributed by atoms with van der Waals surface area (Å²) in [7, 11) is 0. The van der Waals surface area contributed by atoms with Crippen LogP contribution in [-0.4, -0.2) is 44.4 Å². The van der Waals surface area contributed by atoms with E-state index >= 15 is 0 Å². The van der Waals surface area contributed by atoms with Crippen LogP contribution in [0.25, 0.3) is 0 Å². The molecule has 0 aliphatic heterocycles. The summed E-state index contributed by atoms with van der Waals surface area (Å²) in [6, 6.07) is 0. The first-order valence-corrected chi connectivity index (χ1v) is 2.95. The molecule has 0 aliphatic rings. The third kappa shape index (κ3) is 3.34. The number of aliphatic hydroxyl groups is 1. The second kappa shape index (κ2) is 4.21. The van der Waals surface area contributed by atoms with E-state index < -0.39 is 29.6 Å². The molecule has 72 valence electrons. The molecule has 0 aromatic heterocycles. The van der Waals surface area contributed by atoms with E-state index in [-0.39, 0.29) is 6.08 Å². The summed E-state index contributed by atoms with van der Waals surface area (Å²) in [5.41, 5.74) is -1.10. The zero-order valence-electron chi connectivity index (χ0n) is 6.17. The van der Waals surface area contributed by atoms with Gasteiger partial charge in [0.05, 0.1) is 5.57 Å². The average molecular weight is 190 g/mol. The maximum atomic E-state index is 10.2. The van der Waals surface area contributed by atoms with Crippen LogP contribution in [0.15, 0.2) is 11.6 Å². The lowest BCUT2D eigenvalue weighted by Gasteiger charge is -2.04. The van der Waals surface area contributed by atoms with Gasteiger partial charge in [0.2, 0.25) is 0 Å². The predicted molar refractivity (Wildman–Crippen MR) is 37.0 cm³/mol. The van der Waals surface area contributed by atoms with Gasteiger partial charge < -0.3 is 20.4 Å². The maximum Gasteiger partial charge on any atom is 0.337 e. The highest BCUT2D eigenvalue weighted by Crippen LogP contribution is 2.02. The van der Waals surface area contributed by atoms with Gasteiger partial charge in [0.15, 0.2) is 6.10 Å². The third-order valence-corrected chi connectivity index (χ3v) is 1.05. The molecule has 1 atom stereocenters. The molecule has 0 aromatic carbocycles. The van der Waals surface area contributed by atoms with Crippen LogP contribution >= 0.6 is 0 Å². The fourth-order valence-electron chi connectivity index (χ4n) is 0.524. The Morgan fingerprint density at radius 3 is 1.77 bits per heavy atom. The topological polar surface area (TPSA) is 132 Å². The van der Waals surface area contributed by atoms with Gasteiger partial charge >= 0.3 is 17.9 Å². The first-order valence-electron chi connectivity index (χ1n) is 2.95. The van der Waals surface area contributed by atoms with E-state index in [1.807, 2.05) is 0 Å². The van der Waals surface area contributed by atoms with E-state index in [1.54, 1.807) is 0 Å². The molecular weight excluding hydrogens is 184 g/mol. The Kier molecular flexibility index (Phi) is 3.60. The normalized spacial score (nSPS) is 13.5. The number of rotatable bonds is 4. The van der Waals surface area contributed by atoms with Crippen LogP contribution in [0.2, 0.25) is 0 Å². The van der Waals surface area contributed by atoms with Crippen LogP contribution < -0.4 is 0 Å². The average Bonchev–Trinajstić information content (AvgIpc) is 1.97. The molecule has 1 unspecified atom stereocenters. The molecule has 0 bridgehead atoms. The number of hydrogen-bond acceptors (Lipinski definition) is 4. The van der Waals surface area contributed by atoms with Crippen molar-refractivity contribution in [1.29, 1.82) is 0 Å². The SMILES string of the molecule is O=C(O)/C=C(/C(=O)O)C(O)C(=O)O. The van der Waals surface area contributed by atoms with Gasteiger partial charge in [-0.15, -0.1) is 0 Å². The van der Waals surface area contributed by atoms with Crippen molar-refractivity contribution < 1.29 is 34.8 Å². The molecule has 0 amide bonds. The molecule has 4 N–H and O–H groups in total. The van der Waals surface area contributed by atoms with Gasteiger partial charge in [-0.25, -0.2) is 14.4 Å². The summed E-state index contributed by atoms with van der Waals surface area (Å²) in [5, 5.41) is 33.3. The predicted octanol–water partition coefficient (Wildman–Crippen LogP) is -1.47. The summed E-state index contributed by atoms with van der Waals surface area (Å²) < 4.78 is 0. The molecule has 13 heavy (non-hydrogen) atoms. The molecule has 0 spiro atoms. The Morgan fingerprint density at radius 2 is 1.54 bits per heavy atom. The van der Waals surface area contributed by atoms with Crippen LogP contribution in [0.3, 0.4) is 0 Å². The Bertz CT molecular complexity index is 277. The van der Waals surface area contributed by atoms with Crippen molar-refractivity contribution in [1.82, 2.24) is 0 Å². The lowest BCUT2D eigenvalue weighted by molar-refractivity contribution is -0.148. The third-order valence-electron chi connectivity index (χ3n) is 1.05. The van der Waals surface area contributed by atoms with Gasteiger partial charge in [-0.3, -0.25) is 0 Å². The molecule has 0 saturated heterocycles. The minimum atomic E-state index is -2.34. The van der Waals surface area contributed by atoms with E-state index in [0.717, 1.165) is 0 Å². The molecule has 0 saturated carbocycles. The quantitative estimate of drug-likeness (QED) is 0.397. The van der Waals surface area contributed by atoms with Crippen LogP contribution in [0.1, 0.15) is 0 Å². The Balaban J connectivity index is 4.93. The highest BCUT2D eigenvalue weighted by molar-refractivity contribution is 6.00. The molecule has 0 rings (SSSR count).